The molecule has 0 aromatic rings. The highest BCUT2D eigenvalue weighted by Gasteiger charge is 2.36. The summed E-state index contributed by atoms with van der Waals surface area (Å²) < 4.78 is 10.8. The summed E-state index contributed by atoms with van der Waals surface area (Å²) in [6.45, 7) is 16.4. The Labute approximate surface area is 173 Å². The molecule has 0 aromatic heterocycles. The second-order valence-corrected chi connectivity index (χ2v) is 10.8. The Kier molecular flexibility index (Phi) is 9.49. The predicted molar refractivity (Wildman–Crippen MR) is 114 cm³/mol. The Morgan fingerprint density at radius 1 is 0.607 bits per heavy atom. The Hall–Kier alpha value is -1.06. The van der Waals surface area contributed by atoms with Crippen LogP contribution in [0.1, 0.15) is 107 Å². The molecule has 4 nitrogen and oxygen atoms in total. The van der Waals surface area contributed by atoms with Crippen molar-refractivity contribution in [1.82, 2.24) is 0 Å². The molecule has 0 amide bonds. The topological polar surface area (TPSA) is 52.6 Å². The van der Waals surface area contributed by atoms with Gasteiger partial charge in [-0.1, -0.05) is 54.4 Å². The van der Waals surface area contributed by atoms with Gasteiger partial charge in [0, 0.05) is 25.7 Å². The van der Waals surface area contributed by atoms with E-state index < -0.39 is 0 Å². The van der Waals surface area contributed by atoms with Crippen LogP contribution < -0.4 is 0 Å². The van der Waals surface area contributed by atoms with Crippen LogP contribution in [0.2, 0.25) is 0 Å². The lowest BCUT2D eigenvalue weighted by Gasteiger charge is -2.39. The lowest BCUT2D eigenvalue weighted by atomic mass is 9.71. The Bertz CT molecular complexity index is 452. The maximum absolute atomic E-state index is 11.0. The number of ether oxygens (including phenoxy) is 2. The van der Waals surface area contributed by atoms with Crippen molar-refractivity contribution in [3.05, 3.63) is 0 Å². The normalized spacial score (nSPS) is 28.6. The molecule has 0 aliphatic heterocycles. The molecule has 4 heteroatoms. The summed E-state index contributed by atoms with van der Waals surface area (Å²) in [6.07, 6.45) is 9.74. The van der Waals surface area contributed by atoms with Crippen LogP contribution in [0, 0.1) is 22.7 Å². The van der Waals surface area contributed by atoms with Crippen LogP contribution >= 0.6 is 0 Å². The van der Waals surface area contributed by atoms with Crippen LogP contribution in [0.15, 0.2) is 0 Å². The number of hydrogen-bond acceptors (Lipinski definition) is 4. The van der Waals surface area contributed by atoms with E-state index in [0.29, 0.717) is 11.8 Å². The Morgan fingerprint density at radius 2 is 0.893 bits per heavy atom. The molecule has 0 N–H and O–H groups in total. The Balaban J connectivity index is 0.000000280. The van der Waals surface area contributed by atoms with Crippen molar-refractivity contribution < 1.29 is 19.1 Å². The molecule has 0 spiro atoms. The molecule has 4 unspecified atom stereocenters. The van der Waals surface area contributed by atoms with Gasteiger partial charge in [-0.2, -0.15) is 0 Å². The fourth-order valence-electron chi connectivity index (χ4n) is 4.88. The zero-order valence-electron chi connectivity index (χ0n) is 19.6. The summed E-state index contributed by atoms with van der Waals surface area (Å²) >= 11 is 0. The molecule has 2 rings (SSSR count). The van der Waals surface area contributed by atoms with Crippen molar-refractivity contribution >= 4 is 11.9 Å². The Morgan fingerprint density at radius 3 is 1.14 bits per heavy atom. The van der Waals surface area contributed by atoms with Gasteiger partial charge in [-0.15, -0.1) is 0 Å². The van der Waals surface area contributed by atoms with E-state index in [1.54, 1.807) is 0 Å². The van der Waals surface area contributed by atoms with Gasteiger partial charge in [-0.3, -0.25) is 9.59 Å². The van der Waals surface area contributed by atoms with Crippen molar-refractivity contribution in [2.45, 2.75) is 119 Å². The standard InChI is InChI=1S/2C12H22O2/c2*1-9(13)14-11-8-6-5-7-10(11)12(2,3)4/h2*10-11H,5-8H2,1-4H3. The van der Waals surface area contributed by atoms with Gasteiger partial charge in [0.25, 0.3) is 0 Å². The third kappa shape index (κ3) is 8.53. The van der Waals surface area contributed by atoms with E-state index >= 15 is 0 Å². The van der Waals surface area contributed by atoms with Crippen molar-refractivity contribution in [3.63, 3.8) is 0 Å². The number of esters is 2. The lowest BCUT2D eigenvalue weighted by Crippen LogP contribution is -2.37. The number of carbonyl (C=O) groups is 2. The molecule has 2 saturated carbocycles. The van der Waals surface area contributed by atoms with E-state index in [4.69, 9.17) is 9.47 Å². The molecule has 2 aliphatic carbocycles. The second kappa shape index (κ2) is 10.6. The first-order valence-corrected chi connectivity index (χ1v) is 11.2. The molecule has 0 heterocycles. The van der Waals surface area contributed by atoms with Crippen LogP contribution in [-0.2, 0) is 19.1 Å². The fraction of sp³-hybridized carbons (Fsp3) is 0.917. The average Bonchev–Trinajstić information content (AvgIpc) is 2.53. The summed E-state index contributed by atoms with van der Waals surface area (Å²) in [5.74, 6) is 0.789. The first kappa shape index (κ1) is 25.0. The number of hydrogen-bond donors (Lipinski definition) is 0. The van der Waals surface area contributed by atoms with Crippen LogP contribution in [0.25, 0.3) is 0 Å². The smallest absolute Gasteiger partial charge is 0.302 e. The van der Waals surface area contributed by atoms with Gasteiger partial charge in [0.05, 0.1) is 0 Å². The third-order valence-corrected chi connectivity index (χ3v) is 6.26. The van der Waals surface area contributed by atoms with Gasteiger partial charge in [0.15, 0.2) is 0 Å². The molecule has 28 heavy (non-hydrogen) atoms. The van der Waals surface area contributed by atoms with Crippen molar-refractivity contribution in [1.29, 1.82) is 0 Å². The van der Waals surface area contributed by atoms with Gasteiger partial charge in [0.2, 0.25) is 0 Å². The van der Waals surface area contributed by atoms with E-state index in [-0.39, 0.29) is 35.0 Å². The molecule has 2 aliphatic rings. The number of rotatable bonds is 2. The summed E-state index contributed by atoms with van der Waals surface area (Å²) in [4.78, 5) is 21.9. The zero-order chi connectivity index (χ0) is 21.5. The van der Waals surface area contributed by atoms with E-state index in [9.17, 15) is 9.59 Å². The minimum Gasteiger partial charge on any atom is -0.462 e. The quantitative estimate of drug-likeness (QED) is 0.513. The maximum Gasteiger partial charge on any atom is 0.302 e. The fourth-order valence-corrected chi connectivity index (χ4v) is 4.88. The van der Waals surface area contributed by atoms with Crippen molar-refractivity contribution in [2.24, 2.45) is 22.7 Å². The highest BCUT2D eigenvalue weighted by molar-refractivity contribution is 5.66. The largest absolute Gasteiger partial charge is 0.462 e. The minimum atomic E-state index is -0.133. The molecular weight excluding hydrogens is 352 g/mol. The summed E-state index contributed by atoms with van der Waals surface area (Å²) in [5, 5.41) is 0. The number of carbonyl (C=O) groups excluding carboxylic acids is 2. The second-order valence-electron chi connectivity index (χ2n) is 10.8. The summed E-state index contributed by atoms with van der Waals surface area (Å²) in [7, 11) is 0. The van der Waals surface area contributed by atoms with Gasteiger partial charge in [-0.05, 0) is 49.4 Å². The van der Waals surface area contributed by atoms with Crippen LogP contribution in [0.3, 0.4) is 0 Å². The molecule has 2 fully saturated rings. The van der Waals surface area contributed by atoms with Gasteiger partial charge < -0.3 is 9.47 Å². The molecule has 0 saturated heterocycles. The average molecular weight is 397 g/mol. The highest BCUT2D eigenvalue weighted by atomic mass is 16.5. The molecule has 164 valence electrons. The van der Waals surface area contributed by atoms with Crippen molar-refractivity contribution in [2.75, 3.05) is 0 Å². The van der Waals surface area contributed by atoms with Crippen LogP contribution in [0.5, 0.6) is 0 Å². The van der Waals surface area contributed by atoms with E-state index in [0.717, 1.165) is 12.8 Å². The lowest BCUT2D eigenvalue weighted by molar-refractivity contribution is -0.154. The summed E-state index contributed by atoms with van der Waals surface area (Å²) in [5.41, 5.74) is 0.501. The zero-order valence-corrected chi connectivity index (χ0v) is 19.6. The molecule has 0 bridgehead atoms. The van der Waals surface area contributed by atoms with Gasteiger partial charge in [0.1, 0.15) is 12.2 Å². The van der Waals surface area contributed by atoms with Crippen LogP contribution in [0.4, 0.5) is 0 Å². The van der Waals surface area contributed by atoms with Gasteiger partial charge >= 0.3 is 11.9 Å². The molecule has 0 radical (unpaired) electrons. The first-order valence-electron chi connectivity index (χ1n) is 11.2. The summed E-state index contributed by atoms with van der Waals surface area (Å²) in [6, 6.07) is 0. The molecular formula is C24H44O4. The molecule has 0 aromatic carbocycles. The van der Waals surface area contributed by atoms with E-state index in [2.05, 4.69) is 41.5 Å². The van der Waals surface area contributed by atoms with E-state index in [1.165, 1.54) is 52.4 Å². The maximum atomic E-state index is 11.0. The third-order valence-electron chi connectivity index (χ3n) is 6.26. The van der Waals surface area contributed by atoms with E-state index in [1.807, 2.05) is 0 Å². The first-order chi connectivity index (χ1) is 12.8. The predicted octanol–water partition coefficient (Wildman–Crippen LogP) is 6.31. The van der Waals surface area contributed by atoms with Crippen LogP contribution in [-0.4, -0.2) is 24.1 Å². The monoisotopic (exact) mass is 396 g/mol. The van der Waals surface area contributed by atoms with Gasteiger partial charge in [-0.25, -0.2) is 0 Å². The minimum absolute atomic E-state index is 0.133. The van der Waals surface area contributed by atoms with Crippen molar-refractivity contribution in [3.8, 4) is 0 Å². The highest BCUT2D eigenvalue weighted by Crippen LogP contribution is 2.40. The SMILES string of the molecule is CC(=O)OC1CCCCC1C(C)(C)C.CC(=O)OC1CCCCC1C(C)(C)C. The molecule has 4 atom stereocenters.